The number of hydrogen-bond acceptors (Lipinski definition) is 4. The molecular weight excluding hydrogens is 332 g/mol. The number of aryl methyl sites for hydroxylation is 1. The van der Waals surface area contributed by atoms with Gasteiger partial charge in [-0.25, -0.2) is 4.79 Å². The van der Waals surface area contributed by atoms with E-state index in [2.05, 4.69) is 21.2 Å². The highest BCUT2D eigenvalue weighted by molar-refractivity contribution is 9.10. The van der Waals surface area contributed by atoms with Crippen LogP contribution in [-0.4, -0.2) is 12.6 Å². The fourth-order valence-electron chi connectivity index (χ4n) is 2.04. The summed E-state index contributed by atoms with van der Waals surface area (Å²) in [6.07, 6.45) is 0. The Morgan fingerprint density at radius 1 is 1.33 bits per heavy atom. The zero-order chi connectivity index (χ0) is 15.4. The van der Waals surface area contributed by atoms with Gasteiger partial charge in [-0.2, -0.15) is 0 Å². The number of nitrogen functional groups attached to an aromatic ring is 1. The molecule has 0 aromatic heterocycles. The number of carbonyl (C=O) groups is 1. The van der Waals surface area contributed by atoms with Crippen LogP contribution in [0, 0.1) is 6.92 Å². The van der Waals surface area contributed by atoms with Crippen LogP contribution in [0.25, 0.3) is 0 Å². The smallest absolute Gasteiger partial charge is 0.340 e. The quantitative estimate of drug-likeness (QED) is 0.639. The predicted molar refractivity (Wildman–Crippen MR) is 89.0 cm³/mol. The number of ether oxygens (including phenoxy) is 1. The summed E-state index contributed by atoms with van der Waals surface area (Å²) < 4.78 is 6.02. The second-order valence-electron chi connectivity index (χ2n) is 4.63. The largest absolute Gasteiger partial charge is 0.462 e. The first-order valence-electron chi connectivity index (χ1n) is 6.61. The Morgan fingerprint density at radius 2 is 2.10 bits per heavy atom. The first kappa shape index (κ1) is 15.4. The van der Waals surface area contributed by atoms with E-state index in [-0.39, 0.29) is 5.97 Å². The molecule has 0 unspecified atom stereocenters. The molecule has 0 radical (unpaired) electrons. The lowest BCUT2D eigenvalue weighted by molar-refractivity contribution is 0.0527. The third-order valence-electron chi connectivity index (χ3n) is 2.90. The van der Waals surface area contributed by atoms with E-state index < -0.39 is 0 Å². The van der Waals surface area contributed by atoms with E-state index >= 15 is 0 Å². The monoisotopic (exact) mass is 348 g/mol. The minimum Gasteiger partial charge on any atom is -0.462 e. The number of para-hydroxylation sites is 1. The Labute approximate surface area is 132 Å². The lowest BCUT2D eigenvalue weighted by Gasteiger charge is -2.14. The lowest BCUT2D eigenvalue weighted by Crippen LogP contribution is -2.09. The summed E-state index contributed by atoms with van der Waals surface area (Å²) in [5.74, 6) is -0.390. The number of halogens is 1. The molecule has 0 atom stereocenters. The number of nitrogens with one attached hydrogen (secondary N) is 1. The normalized spacial score (nSPS) is 10.2. The second kappa shape index (κ2) is 6.63. The molecule has 4 nitrogen and oxygen atoms in total. The van der Waals surface area contributed by atoms with Crippen LogP contribution in [0.3, 0.4) is 0 Å². The van der Waals surface area contributed by atoms with E-state index in [0.717, 1.165) is 15.7 Å². The van der Waals surface area contributed by atoms with Crippen molar-refractivity contribution in [3.63, 3.8) is 0 Å². The van der Waals surface area contributed by atoms with E-state index in [9.17, 15) is 4.79 Å². The molecule has 0 aliphatic rings. The van der Waals surface area contributed by atoms with Gasteiger partial charge in [-0.3, -0.25) is 0 Å². The number of hydrogen-bond donors (Lipinski definition) is 2. The lowest BCUT2D eigenvalue weighted by atomic mass is 10.1. The van der Waals surface area contributed by atoms with Crippen molar-refractivity contribution in [1.82, 2.24) is 0 Å². The summed E-state index contributed by atoms with van der Waals surface area (Å²) in [5, 5.41) is 3.21. The van der Waals surface area contributed by atoms with Crippen LogP contribution in [0.1, 0.15) is 22.8 Å². The fourth-order valence-corrected chi connectivity index (χ4v) is 2.65. The Bertz CT molecular complexity index is 651. The maximum absolute atomic E-state index is 12.0. The topological polar surface area (TPSA) is 64.3 Å². The van der Waals surface area contributed by atoms with Gasteiger partial charge in [-0.1, -0.05) is 22.0 Å². The van der Waals surface area contributed by atoms with E-state index in [1.807, 2.05) is 25.1 Å². The van der Waals surface area contributed by atoms with Gasteiger partial charge in [0.1, 0.15) is 0 Å². The van der Waals surface area contributed by atoms with Crippen molar-refractivity contribution in [3.8, 4) is 0 Å². The second-order valence-corrected chi connectivity index (χ2v) is 5.55. The summed E-state index contributed by atoms with van der Waals surface area (Å²) >= 11 is 3.45. The van der Waals surface area contributed by atoms with Crippen molar-refractivity contribution in [2.45, 2.75) is 13.8 Å². The first-order chi connectivity index (χ1) is 10.0. The third kappa shape index (κ3) is 3.76. The predicted octanol–water partition coefficient (Wildman–Crippen LogP) is 4.26. The molecule has 0 amide bonds. The van der Waals surface area contributed by atoms with Gasteiger partial charge in [0.2, 0.25) is 0 Å². The maximum Gasteiger partial charge on any atom is 0.340 e. The molecule has 0 saturated carbocycles. The molecule has 2 aromatic carbocycles. The minimum absolute atomic E-state index is 0.322. The molecule has 21 heavy (non-hydrogen) atoms. The highest BCUT2D eigenvalue weighted by Gasteiger charge is 2.15. The van der Waals surface area contributed by atoms with E-state index in [4.69, 9.17) is 10.5 Å². The molecule has 5 heteroatoms. The van der Waals surface area contributed by atoms with Crippen molar-refractivity contribution < 1.29 is 9.53 Å². The molecule has 2 aromatic rings. The van der Waals surface area contributed by atoms with Crippen LogP contribution in [0.5, 0.6) is 0 Å². The molecule has 3 N–H and O–H groups in total. The summed E-state index contributed by atoms with van der Waals surface area (Å²) in [4.78, 5) is 12.0. The number of carbonyl (C=O) groups excluding carboxylic acids is 1. The van der Waals surface area contributed by atoms with Crippen LogP contribution in [0.4, 0.5) is 17.1 Å². The number of anilines is 3. The number of esters is 1. The third-order valence-corrected chi connectivity index (χ3v) is 3.36. The minimum atomic E-state index is -0.390. The summed E-state index contributed by atoms with van der Waals surface area (Å²) in [6.45, 7) is 4.09. The SMILES string of the molecule is CCOC(=O)c1cccc(N)c1Nc1cc(C)cc(Br)c1. The highest BCUT2D eigenvalue weighted by atomic mass is 79.9. The van der Waals surface area contributed by atoms with Crippen molar-refractivity contribution in [2.75, 3.05) is 17.7 Å². The van der Waals surface area contributed by atoms with Gasteiger partial charge in [0.15, 0.2) is 0 Å². The molecule has 0 heterocycles. The van der Waals surface area contributed by atoms with Crippen molar-refractivity contribution in [1.29, 1.82) is 0 Å². The van der Waals surface area contributed by atoms with Gasteiger partial charge in [0, 0.05) is 10.2 Å². The molecule has 110 valence electrons. The summed E-state index contributed by atoms with van der Waals surface area (Å²) in [6, 6.07) is 11.1. The number of rotatable bonds is 4. The molecule has 2 rings (SSSR count). The molecular formula is C16H17BrN2O2. The van der Waals surface area contributed by atoms with Crippen molar-refractivity contribution >= 4 is 39.0 Å². The zero-order valence-electron chi connectivity index (χ0n) is 11.9. The number of nitrogens with two attached hydrogens (primary N) is 1. The van der Waals surface area contributed by atoms with Gasteiger partial charge in [-0.05, 0) is 49.7 Å². The average molecular weight is 349 g/mol. The standard InChI is InChI=1S/C16H17BrN2O2/c1-3-21-16(20)13-5-4-6-14(18)15(13)19-12-8-10(2)7-11(17)9-12/h4-9,19H,3,18H2,1-2H3. The first-order valence-corrected chi connectivity index (χ1v) is 7.40. The van der Waals surface area contributed by atoms with Gasteiger partial charge >= 0.3 is 5.97 Å². The fraction of sp³-hybridized carbons (Fsp3) is 0.188. The number of benzene rings is 2. The van der Waals surface area contributed by atoms with Crippen LogP contribution >= 0.6 is 15.9 Å². The van der Waals surface area contributed by atoms with Crippen molar-refractivity contribution in [3.05, 3.63) is 52.0 Å². The summed E-state index contributed by atoms with van der Waals surface area (Å²) in [5.41, 5.74) is 9.43. The Hall–Kier alpha value is -2.01. The van der Waals surface area contributed by atoms with E-state index in [1.54, 1.807) is 25.1 Å². The van der Waals surface area contributed by atoms with Crippen molar-refractivity contribution in [2.24, 2.45) is 0 Å². The van der Waals surface area contributed by atoms with Crippen LogP contribution in [-0.2, 0) is 4.74 Å². The van der Waals surface area contributed by atoms with Gasteiger partial charge in [-0.15, -0.1) is 0 Å². The van der Waals surface area contributed by atoms with Crippen LogP contribution in [0.15, 0.2) is 40.9 Å². The van der Waals surface area contributed by atoms with E-state index in [0.29, 0.717) is 23.5 Å². The Balaban J connectivity index is 2.41. The molecule has 0 fully saturated rings. The van der Waals surface area contributed by atoms with E-state index in [1.165, 1.54) is 0 Å². The highest BCUT2D eigenvalue weighted by Crippen LogP contribution is 2.29. The van der Waals surface area contributed by atoms with Crippen LogP contribution < -0.4 is 11.1 Å². The molecule has 0 saturated heterocycles. The molecule has 0 spiro atoms. The Morgan fingerprint density at radius 3 is 2.76 bits per heavy atom. The molecule has 0 aliphatic carbocycles. The average Bonchev–Trinajstić information content (AvgIpc) is 2.40. The van der Waals surface area contributed by atoms with Gasteiger partial charge < -0.3 is 15.8 Å². The van der Waals surface area contributed by atoms with Gasteiger partial charge in [0.05, 0.1) is 23.5 Å². The Kier molecular flexibility index (Phi) is 4.85. The maximum atomic E-state index is 12.0. The zero-order valence-corrected chi connectivity index (χ0v) is 13.5. The molecule has 0 aliphatic heterocycles. The summed E-state index contributed by atoms with van der Waals surface area (Å²) in [7, 11) is 0. The molecule has 0 bridgehead atoms. The van der Waals surface area contributed by atoms with Crippen LogP contribution in [0.2, 0.25) is 0 Å². The van der Waals surface area contributed by atoms with Gasteiger partial charge in [0.25, 0.3) is 0 Å².